The number of aromatic nitrogens is 1. The lowest BCUT2D eigenvalue weighted by atomic mass is 10.2. The molecule has 0 aliphatic heterocycles. The van der Waals surface area contributed by atoms with Crippen LogP contribution in [0.25, 0.3) is 10.9 Å². The summed E-state index contributed by atoms with van der Waals surface area (Å²) < 4.78 is 35.8. The first-order valence-electron chi connectivity index (χ1n) is 4.08. The molecule has 0 unspecified atom stereocenters. The van der Waals surface area contributed by atoms with Crippen LogP contribution in [0.2, 0.25) is 5.02 Å². The zero-order chi connectivity index (χ0) is 11.9. The molecule has 1 heterocycles. The van der Waals surface area contributed by atoms with Crippen molar-refractivity contribution < 1.29 is 12.8 Å². The maximum Gasteiger partial charge on any atom is 0.266 e. The Morgan fingerprint density at radius 3 is 2.56 bits per heavy atom. The van der Waals surface area contributed by atoms with Crippen LogP contribution in [0.3, 0.4) is 0 Å². The molecule has 1 aromatic heterocycles. The highest BCUT2D eigenvalue weighted by Gasteiger charge is 2.21. The predicted molar refractivity (Wildman–Crippen MR) is 59.7 cm³/mol. The van der Waals surface area contributed by atoms with Gasteiger partial charge in [-0.1, -0.05) is 11.6 Å². The SMILES string of the molecule is O=S(=O)(Cl)c1c(F)ccc2c(Cl)ccnc12. The fraction of sp³-hybridized carbons (Fsp3) is 0. The Bertz CT molecular complexity index is 673. The summed E-state index contributed by atoms with van der Waals surface area (Å²) in [6.45, 7) is 0. The van der Waals surface area contributed by atoms with Crippen molar-refractivity contribution in [3.8, 4) is 0 Å². The van der Waals surface area contributed by atoms with Gasteiger partial charge in [0, 0.05) is 22.3 Å². The number of rotatable bonds is 1. The molecule has 3 nitrogen and oxygen atoms in total. The van der Waals surface area contributed by atoms with Gasteiger partial charge in [0.05, 0.1) is 10.5 Å². The molecule has 84 valence electrons. The van der Waals surface area contributed by atoms with Gasteiger partial charge in [-0.25, -0.2) is 12.8 Å². The molecule has 2 aromatic rings. The first-order valence-corrected chi connectivity index (χ1v) is 6.77. The van der Waals surface area contributed by atoms with Gasteiger partial charge in [-0.3, -0.25) is 4.98 Å². The second-order valence-electron chi connectivity index (χ2n) is 3.00. The summed E-state index contributed by atoms with van der Waals surface area (Å²) in [5.74, 6) is -0.947. The highest BCUT2D eigenvalue weighted by Crippen LogP contribution is 2.30. The van der Waals surface area contributed by atoms with Crippen molar-refractivity contribution in [3.05, 3.63) is 35.2 Å². The quantitative estimate of drug-likeness (QED) is 0.754. The Hall–Kier alpha value is -0.910. The molecule has 0 aliphatic rings. The van der Waals surface area contributed by atoms with E-state index in [9.17, 15) is 12.8 Å². The minimum Gasteiger partial charge on any atom is -0.255 e. The standard InChI is InChI=1S/C9H4Cl2FNO2S/c10-6-3-4-13-8-5(6)1-2-7(12)9(8)16(11,14)15/h1-4H. The first kappa shape index (κ1) is 11.6. The Labute approximate surface area is 100 Å². The van der Waals surface area contributed by atoms with Gasteiger partial charge < -0.3 is 0 Å². The van der Waals surface area contributed by atoms with E-state index in [1.807, 2.05) is 0 Å². The number of pyridine rings is 1. The van der Waals surface area contributed by atoms with Crippen molar-refractivity contribution in [2.24, 2.45) is 0 Å². The minimum atomic E-state index is -4.20. The number of fused-ring (bicyclic) bond motifs is 1. The van der Waals surface area contributed by atoms with Crippen LogP contribution in [-0.2, 0) is 9.05 Å². The molecule has 0 N–H and O–H groups in total. The van der Waals surface area contributed by atoms with E-state index in [1.165, 1.54) is 18.3 Å². The average Bonchev–Trinajstić information content (AvgIpc) is 2.15. The molecule has 7 heteroatoms. The van der Waals surface area contributed by atoms with Crippen LogP contribution in [0, 0.1) is 5.82 Å². The number of hydrogen-bond acceptors (Lipinski definition) is 3. The molecule has 0 spiro atoms. The third-order valence-corrected chi connectivity index (χ3v) is 3.68. The second-order valence-corrected chi connectivity index (χ2v) is 5.91. The number of benzene rings is 1. The summed E-state index contributed by atoms with van der Waals surface area (Å²) in [7, 11) is 0.944. The molecule has 0 saturated carbocycles. The van der Waals surface area contributed by atoms with Crippen LogP contribution < -0.4 is 0 Å². The summed E-state index contributed by atoms with van der Waals surface area (Å²) in [5.41, 5.74) is -0.0671. The van der Waals surface area contributed by atoms with E-state index in [0.717, 1.165) is 6.07 Å². The van der Waals surface area contributed by atoms with E-state index < -0.39 is 19.8 Å². The zero-order valence-electron chi connectivity index (χ0n) is 7.62. The van der Waals surface area contributed by atoms with Crippen molar-refractivity contribution in [3.63, 3.8) is 0 Å². The molecule has 1 aromatic carbocycles. The van der Waals surface area contributed by atoms with Gasteiger partial charge in [0.25, 0.3) is 9.05 Å². The second kappa shape index (κ2) is 3.84. The molecule has 2 rings (SSSR count). The van der Waals surface area contributed by atoms with E-state index in [2.05, 4.69) is 4.98 Å². The zero-order valence-corrected chi connectivity index (χ0v) is 9.94. The van der Waals surface area contributed by atoms with Crippen LogP contribution in [0.5, 0.6) is 0 Å². The van der Waals surface area contributed by atoms with Crippen molar-refractivity contribution in [1.29, 1.82) is 0 Å². The monoisotopic (exact) mass is 279 g/mol. The maximum absolute atomic E-state index is 13.4. The fourth-order valence-electron chi connectivity index (χ4n) is 1.37. The molecule has 0 atom stereocenters. The molecule has 0 radical (unpaired) electrons. The van der Waals surface area contributed by atoms with Gasteiger partial charge in [-0.15, -0.1) is 0 Å². The normalized spacial score (nSPS) is 11.9. The largest absolute Gasteiger partial charge is 0.266 e. The summed E-state index contributed by atoms with van der Waals surface area (Å²) in [5, 5.41) is 0.622. The van der Waals surface area contributed by atoms with E-state index in [0.29, 0.717) is 5.39 Å². The average molecular weight is 280 g/mol. The van der Waals surface area contributed by atoms with Gasteiger partial charge >= 0.3 is 0 Å². The van der Waals surface area contributed by atoms with Gasteiger partial charge in [0.2, 0.25) is 0 Å². The predicted octanol–water partition coefficient (Wildman–Crippen LogP) is 2.95. The lowest BCUT2D eigenvalue weighted by Crippen LogP contribution is -1.98. The first-order chi connectivity index (χ1) is 7.41. The maximum atomic E-state index is 13.4. The summed E-state index contributed by atoms with van der Waals surface area (Å²) in [4.78, 5) is 3.14. The van der Waals surface area contributed by atoms with Crippen LogP contribution in [-0.4, -0.2) is 13.4 Å². The Balaban J connectivity index is 3.03. The van der Waals surface area contributed by atoms with E-state index in [1.54, 1.807) is 0 Å². The molecule has 0 bridgehead atoms. The van der Waals surface area contributed by atoms with Crippen molar-refractivity contribution in [2.75, 3.05) is 0 Å². The van der Waals surface area contributed by atoms with Crippen LogP contribution in [0.4, 0.5) is 4.39 Å². The number of halogens is 3. The third-order valence-electron chi connectivity index (χ3n) is 2.01. The molecular formula is C9H4Cl2FNO2S. The Morgan fingerprint density at radius 1 is 1.25 bits per heavy atom. The lowest BCUT2D eigenvalue weighted by Gasteiger charge is -2.04. The Morgan fingerprint density at radius 2 is 1.94 bits per heavy atom. The van der Waals surface area contributed by atoms with Gasteiger partial charge in [-0.2, -0.15) is 0 Å². The van der Waals surface area contributed by atoms with Crippen LogP contribution >= 0.6 is 22.3 Å². The number of hydrogen-bond donors (Lipinski definition) is 0. The molecular weight excluding hydrogens is 276 g/mol. The topological polar surface area (TPSA) is 47.0 Å². The molecule has 16 heavy (non-hydrogen) atoms. The van der Waals surface area contributed by atoms with E-state index >= 15 is 0 Å². The molecule has 0 amide bonds. The van der Waals surface area contributed by atoms with Crippen molar-refractivity contribution in [1.82, 2.24) is 4.98 Å². The lowest BCUT2D eigenvalue weighted by molar-refractivity contribution is 0.578. The third kappa shape index (κ3) is 1.86. The van der Waals surface area contributed by atoms with Gasteiger partial charge in [0.15, 0.2) is 0 Å². The van der Waals surface area contributed by atoms with Crippen LogP contribution in [0.15, 0.2) is 29.3 Å². The highest BCUT2D eigenvalue weighted by atomic mass is 35.7. The van der Waals surface area contributed by atoms with Crippen molar-refractivity contribution >= 4 is 42.2 Å². The summed E-state index contributed by atoms with van der Waals surface area (Å²) >= 11 is 5.83. The fourth-order valence-corrected chi connectivity index (χ4v) is 2.71. The molecule has 0 fully saturated rings. The van der Waals surface area contributed by atoms with Crippen molar-refractivity contribution in [2.45, 2.75) is 4.90 Å². The number of nitrogens with zero attached hydrogens (tertiary/aromatic N) is 1. The molecule has 0 saturated heterocycles. The highest BCUT2D eigenvalue weighted by molar-refractivity contribution is 8.14. The van der Waals surface area contributed by atoms with E-state index in [-0.39, 0.29) is 10.5 Å². The minimum absolute atomic E-state index is 0.0671. The summed E-state index contributed by atoms with van der Waals surface area (Å²) in [6, 6.07) is 3.82. The van der Waals surface area contributed by atoms with Gasteiger partial charge in [-0.05, 0) is 18.2 Å². The smallest absolute Gasteiger partial charge is 0.255 e. The van der Waals surface area contributed by atoms with Crippen LogP contribution in [0.1, 0.15) is 0 Å². The summed E-state index contributed by atoms with van der Waals surface area (Å²) in [6.07, 6.45) is 1.29. The molecule has 0 aliphatic carbocycles. The van der Waals surface area contributed by atoms with E-state index in [4.69, 9.17) is 22.3 Å². The van der Waals surface area contributed by atoms with Gasteiger partial charge in [0.1, 0.15) is 10.7 Å². The Kier molecular flexibility index (Phi) is 2.77.